The topological polar surface area (TPSA) is 17.1 Å². The van der Waals surface area contributed by atoms with E-state index in [9.17, 15) is 4.79 Å². The van der Waals surface area contributed by atoms with Crippen LogP contribution in [0.15, 0.2) is 12.2 Å². The summed E-state index contributed by atoms with van der Waals surface area (Å²) in [4.78, 5) is 12.1. The van der Waals surface area contributed by atoms with Gasteiger partial charge in [-0.1, -0.05) is 31.9 Å². The average Bonchev–Trinajstić information content (AvgIpc) is 2.17. The van der Waals surface area contributed by atoms with E-state index in [2.05, 4.69) is 19.1 Å². The molecule has 2 atom stereocenters. The quantitative estimate of drug-likeness (QED) is 0.537. The van der Waals surface area contributed by atoms with Crippen LogP contribution in [0.4, 0.5) is 0 Å². The third kappa shape index (κ3) is 1.65. The van der Waals surface area contributed by atoms with E-state index in [4.69, 9.17) is 0 Å². The molecule has 0 aromatic carbocycles. The highest BCUT2D eigenvalue weighted by molar-refractivity contribution is 5.85. The first-order valence-electron chi connectivity index (χ1n) is 5.93. The lowest BCUT2D eigenvalue weighted by Gasteiger charge is -2.38. The molecule has 0 aromatic heterocycles. The third-order valence-corrected chi connectivity index (χ3v) is 4.07. The van der Waals surface area contributed by atoms with Gasteiger partial charge in [0.05, 0.1) is 0 Å². The van der Waals surface area contributed by atoms with E-state index >= 15 is 0 Å². The van der Waals surface area contributed by atoms with Crippen LogP contribution in [0.25, 0.3) is 0 Å². The van der Waals surface area contributed by atoms with Crippen molar-refractivity contribution in [3.8, 4) is 0 Å². The molecule has 1 nitrogen and oxygen atoms in total. The zero-order chi connectivity index (χ0) is 10.0. The summed E-state index contributed by atoms with van der Waals surface area (Å²) in [6.45, 7) is 2.19. The fraction of sp³-hybridized carbons (Fsp3) is 0.769. The fourth-order valence-electron chi connectivity index (χ4n) is 2.91. The molecule has 1 fully saturated rings. The Morgan fingerprint density at radius 3 is 3.07 bits per heavy atom. The van der Waals surface area contributed by atoms with Gasteiger partial charge in [0, 0.05) is 11.8 Å². The Labute approximate surface area is 86.6 Å². The number of rotatable bonds is 0. The van der Waals surface area contributed by atoms with Gasteiger partial charge < -0.3 is 0 Å². The minimum Gasteiger partial charge on any atom is -0.299 e. The normalized spacial score (nSPS) is 38.6. The molecule has 2 rings (SSSR count). The molecule has 0 aromatic rings. The lowest BCUT2D eigenvalue weighted by Crippen LogP contribution is -2.37. The van der Waals surface area contributed by atoms with Gasteiger partial charge in [0.2, 0.25) is 0 Å². The van der Waals surface area contributed by atoms with Crippen LogP contribution >= 0.6 is 0 Å². The monoisotopic (exact) mass is 192 g/mol. The molecule has 78 valence electrons. The van der Waals surface area contributed by atoms with E-state index in [0.29, 0.717) is 11.7 Å². The summed E-state index contributed by atoms with van der Waals surface area (Å²) in [6, 6.07) is 0. The summed E-state index contributed by atoms with van der Waals surface area (Å²) in [6.07, 6.45) is 12.4. The van der Waals surface area contributed by atoms with E-state index < -0.39 is 0 Å². The highest BCUT2D eigenvalue weighted by Crippen LogP contribution is 2.43. The molecular formula is C13H20O. The second-order valence-corrected chi connectivity index (χ2v) is 5.01. The number of Topliss-reactive ketones (excluding diaryl/α,β-unsaturated/α-hetero) is 1. The molecule has 1 saturated carbocycles. The first kappa shape index (κ1) is 9.95. The van der Waals surface area contributed by atoms with Crippen LogP contribution in [-0.2, 0) is 4.79 Å². The summed E-state index contributed by atoms with van der Waals surface area (Å²) in [7, 11) is 0. The molecule has 14 heavy (non-hydrogen) atoms. The summed E-state index contributed by atoms with van der Waals surface area (Å²) in [5.41, 5.74) is -0.0187. The lowest BCUT2D eigenvalue weighted by molar-refractivity contribution is -0.131. The number of allylic oxidation sites excluding steroid dienone is 2. The summed E-state index contributed by atoms with van der Waals surface area (Å²) in [5.74, 6) is 1.05. The number of hydrogen-bond donors (Lipinski definition) is 0. The van der Waals surface area contributed by atoms with E-state index in [1.165, 1.54) is 19.3 Å². The van der Waals surface area contributed by atoms with Crippen molar-refractivity contribution in [2.75, 3.05) is 0 Å². The zero-order valence-corrected chi connectivity index (χ0v) is 9.09. The molecule has 2 aliphatic rings. The van der Waals surface area contributed by atoms with Gasteiger partial charge in [-0.25, -0.2) is 0 Å². The number of ketones is 1. The average molecular weight is 192 g/mol. The molecule has 0 radical (unpaired) electrons. The Hall–Kier alpha value is -0.590. The Bertz CT molecular complexity index is 254. The van der Waals surface area contributed by atoms with Crippen LogP contribution in [0.3, 0.4) is 0 Å². The fourth-order valence-corrected chi connectivity index (χ4v) is 2.91. The van der Waals surface area contributed by atoms with Crippen LogP contribution in [0, 0.1) is 11.3 Å². The maximum absolute atomic E-state index is 12.1. The van der Waals surface area contributed by atoms with E-state index in [-0.39, 0.29) is 5.41 Å². The van der Waals surface area contributed by atoms with E-state index in [1.54, 1.807) is 0 Å². The standard InChI is InChI=1S/C13H20O/c1-13-10-6-5-8-11(13)7-3-2-4-9-12(13)14/h5,8,11H,2-4,6-7,9-10H2,1H3/t11-,13+/m0/s1. The van der Waals surface area contributed by atoms with Crippen LogP contribution < -0.4 is 0 Å². The second-order valence-electron chi connectivity index (χ2n) is 5.01. The number of hydrogen-bond acceptors (Lipinski definition) is 1. The highest BCUT2D eigenvalue weighted by Gasteiger charge is 2.40. The minimum atomic E-state index is -0.0187. The largest absolute Gasteiger partial charge is 0.299 e. The third-order valence-electron chi connectivity index (χ3n) is 4.07. The number of fused-ring (bicyclic) bond motifs is 1. The maximum Gasteiger partial charge on any atom is 0.139 e. The Balaban J connectivity index is 2.22. The molecule has 1 heteroatoms. The van der Waals surface area contributed by atoms with Crippen LogP contribution in [0.2, 0.25) is 0 Å². The molecule has 2 aliphatic carbocycles. The summed E-state index contributed by atoms with van der Waals surface area (Å²) >= 11 is 0. The smallest absolute Gasteiger partial charge is 0.139 e. The van der Waals surface area contributed by atoms with Gasteiger partial charge in [-0.05, 0) is 31.6 Å². The molecule has 0 amide bonds. The van der Waals surface area contributed by atoms with Crippen LogP contribution in [0.1, 0.15) is 51.9 Å². The predicted octanol–water partition coefficient (Wildman–Crippen LogP) is 3.49. The van der Waals surface area contributed by atoms with E-state index in [1.807, 2.05) is 0 Å². The van der Waals surface area contributed by atoms with Gasteiger partial charge >= 0.3 is 0 Å². The van der Waals surface area contributed by atoms with Crippen molar-refractivity contribution in [2.24, 2.45) is 11.3 Å². The van der Waals surface area contributed by atoms with Crippen molar-refractivity contribution in [2.45, 2.75) is 51.9 Å². The molecule has 0 unspecified atom stereocenters. The molecule has 0 bridgehead atoms. The van der Waals surface area contributed by atoms with Crippen molar-refractivity contribution >= 4 is 5.78 Å². The van der Waals surface area contributed by atoms with Gasteiger partial charge in [-0.15, -0.1) is 0 Å². The predicted molar refractivity (Wildman–Crippen MR) is 58.1 cm³/mol. The van der Waals surface area contributed by atoms with Gasteiger partial charge in [0.1, 0.15) is 5.78 Å². The Morgan fingerprint density at radius 2 is 2.21 bits per heavy atom. The lowest BCUT2D eigenvalue weighted by atomic mass is 9.64. The van der Waals surface area contributed by atoms with Gasteiger partial charge in [-0.3, -0.25) is 4.79 Å². The van der Waals surface area contributed by atoms with Crippen molar-refractivity contribution in [3.05, 3.63) is 12.2 Å². The van der Waals surface area contributed by atoms with Crippen LogP contribution in [-0.4, -0.2) is 5.78 Å². The Morgan fingerprint density at radius 1 is 1.36 bits per heavy atom. The summed E-state index contributed by atoms with van der Waals surface area (Å²) < 4.78 is 0. The Kier molecular flexibility index (Phi) is 2.76. The molecule has 0 N–H and O–H groups in total. The molecular weight excluding hydrogens is 172 g/mol. The molecule has 0 heterocycles. The SMILES string of the molecule is C[C@@]12CCC=C[C@@H]1CCCCCC2=O. The van der Waals surface area contributed by atoms with E-state index in [0.717, 1.165) is 25.7 Å². The zero-order valence-electron chi connectivity index (χ0n) is 9.09. The van der Waals surface area contributed by atoms with Gasteiger partial charge in [0.15, 0.2) is 0 Å². The second kappa shape index (κ2) is 3.88. The molecule has 0 spiro atoms. The number of carbonyl (C=O) groups is 1. The maximum atomic E-state index is 12.1. The number of carbonyl (C=O) groups excluding carboxylic acids is 1. The van der Waals surface area contributed by atoms with Crippen molar-refractivity contribution in [1.29, 1.82) is 0 Å². The summed E-state index contributed by atoms with van der Waals surface area (Å²) in [5, 5.41) is 0. The minimum absolute atomic E-state index is 0.0187. The van der Waals surface area contributed by atoms with Crippen molar-refractivity contribution in [3.63, 3.8) is 0 Å². The first-order valence-corrected chi connectivity index (χ1v) is 5.93. The van der Waals surface area contributed by atoms with Gasteiger partial charge in [-0.2, -0.15) is 0 Å². The first-order chi connectivity index (χ1) is 6.73. The molecule has 0 saturated heterocycles. The van der Waals surface area contributed by atoms with Crippen LogP contribution in [0.5, 0.6) is 0 Å². The van der Waals surface area contributed by atoms with Crippen molar-refractivity contribution < 1.29 is 4.79 Å². The highest BCUT2D eigenvalue weighted by atomic mass is 16.1. The van der Waals surface area contributed by atoms with Crippen molar-refractivity contribution in [1.82, 2.24) is 0 Å². The molecule has 0 aliphatic heterocycles. The van der Waals surface area contributed by atoms with Gasteiger partial charge in [0.25, 0.3) is 0 Å².